The van der Waals surface area contributed by atoms with Gasteiger partial charge in [-0.15, -0.1) is 0 Å². The molecule has 0 spiro atoms. The lowest BCUT2D eigenvalue weighted by molar-refractivity contribution is -0.139. The van der Waals surface area contributed by atoms with Gasteiger partial charge in [-0.1, -0.05) is 26.7 Å². The minimum atomic E-state index is -1.01. The second kappa shape index (κ2) is 9.70. The summed E-state index contributed by atoms with van der Waals surface area (Å²) in [4.78, 5) is 22.5. The Hall–Kier alpha value is -1.30. The van der Waals surface area contributed by atoms with E-state index in [9.17, 15) is 9.59 Å². The number of carbonyl (C=O) groups excluding carboxylic acids is 1. The number of hydrogen-bond donors (Lipinski definition) is 3. The van der Waals surface area contributed by atoms with E-state index in [1.54, 1.807) is 7.11 Å². The van der Waals surface area contributed by atoms with Gasteiger partial charge in [0.25, 0.3) is 0 Å². The summed E-state index contributed by atoms with van der Waals surface area (Å²) in [6, 6.07) is -1.37. The molecular weight excluding hydrogens is 236 g/mol. The fraction of sp³-hybridized carbons (Fsp3) is 0.833. The molecule has 0 aromatic carbocycles. The van der Waals surface area contributed by atoms with Gasteiger partial charge in [0, 0.05) is 7.11 Å². The van der Waals surface area contributed by atoms with Gasteiger partial charge in [0.15, 0.2) is 0 Å². The molecule has 0 saturated carbocycles. The quantitative estimate of drug-likeness (QED) is 0.584. The van der Waals surface area contributed by atoms with E-state index in [1.807, 2.05) is 13.8 Å². The van der Waals surface area contributed by atoms with E-state index in [0.29, 0.717) is 19.4 Å². The summed E-state index contributed by atoms with van der Waals surface area (Å²) in [5.41, 5.74) is 0. The molecule has 0 aliphatic carbocycles. The largest absolute Gasteiger partial charge is 0.480 e. The van der Waals surface area contributed by atoms with E-state index >= 15 is 0 Å². The smallest absolute Gasteiger partial charge is 0.326 e. The van der Waals surface area contributed by atoms with Crippen molar-refractivity contribution in [2.75, 3.05) is 13.7 Å². The fourth-order valence-corrected chi connectivity index (χ4v) is 1.68. The number of aliphatic carboxylic acids is 1. The summed E-state index contributed by atoms with van der Waals surface area (Å²) in [5.74, 6) is -1.01. The van der Waals surface area contributed by atoms with Gasteiger partial charge in [-0.3, -0.25) is 0 Å². The maximum absolute atomic E-state index is 11.7. The van der Waals surface area contributed by atoms with Crippen LogP contribution in [0, 0.1) is 0 Å². The highest BCUT2D eigenvalue weighted by Gasteiger charge is 2.20. The zero-order valence-electron chi connectivity index (χ0n) is 11.4. The van der Waals surface area contributed by atoms with Crippen molar-refractivity contribution in [1.29, 1.82) is 0 Å². The van der Waals surface area contributed by atoms with Crippen molar-refractivity contribution in [3.63, 3.8) is 0 Å². The Morgan fingerprint density at radius 3 is 2.22 bits per heavy atom. The zero-order chi connectivity index (χ0) is 14.0. The Balaban J connectivity index is 4.23. The minimum absolute atomic E-state index is 0.0870. The van der Waals surface area contributed by atoms with Crippen LogP contribution in [-0.2, 0) is 9.53 Å². The highest BCUT2D eigenvalue weighted by atomic mass is 16.5. The Morgan fingerprint density at radius 1 is 1.17 bits per heavy atom. The summed E-state index contributed by atoms with van der Waals surface area (Å²) in [6.07, 6.45) is 2.84. The van der Waals surface area contributed by atoms with Crippen LogP contribution in [0.3, 0.4) is 0 Å². The number of ether oxygens (including phenoxy) is 1. The molecular formula is C12H24N2O4. The topological polar surface area (TPSA) is 87.7 Å². The summed E-state index contributed by atoms with van der Waals surface area (Å²) in [7, 11) is 1.57. The summed E-state index contributed by atoms with van der Waals surface area (Å²) < 4.78 is 5.00. The molecule has 0 saturated heterocycles. The van der Waals surface area contributed by atoms with Gasteiger partial charge in [0.2, 0.25) is 0 Å². The number of carboxylic acid groups (broad SMARTS) is 1. The maximum Gasteiger partial charge on any atom is 0.326 e. The lowest BCUT2D eigenvalue weighted by Gasteiger charge is -2.20. The van der Waals surface area contributed by atoms with Crippen molar-refractivity contribution in [2.45, 2.75) is 51.6 Å². The van der Waals surface area contributed by atoms with Crippen molar-refractivity contribution in [1.82, 2.24) is 10.6 Å². The van der Waals surface area contributed by atoms with E-state index in [-0.39, 0.29) is 6.04 Å². The molecule has 2 amide bonds. The molecule has 0 heterocycles. The lowest BCUT2D eigenvalue weighted by Crippen LogP contribution is -2.50. The average molecular weight is 260 g/mol. The fourth-order valence-electron chi connectivity index (χ4n) is 1.68. The molecule has 6 heteroatoms. The van der Waals surface area contributed by atoms with E-state index < -0.39 is 18.0 Å². The number of carbonyl (C=O) groups is 2. The van der Waals surface area contributed by atoms with Gasteiger partial charge >= 0.3 is 12.0 Å². The molecule has 0 rings (SSSR count). The number of carboxylic acids is 1. The van der Waals surface area contributed by atoms with Crippen molar-refractivity contribution in [2.24, 2.45) is 0 Å². The molecule has 0 aliphatic heterocycles. The molecule has 6 nitrogen and oxygen atoms in total. The Morgan fingerprint density at radius 2 is 1.78 bits per heavy atom. The van der Waals surface area contributed by atoms with Crippen molar-refractivity contribution in [3.05, 3.63) is 0 Å². The van der Waals surface area contributed by atoms with E-state index in [4.69, 9.17) is 9.84 Å². The van der Waals surface area contributed by atoms with Crippen molar-refractivity contribution >= 4 is 12.0 Å². The number of methoxy groups -OCH3 is 1. The molecule has 3 N–H and O–H groups in total. The Labute approximate surface area is 108 Å². The van der Waals surface area contributed by atoms with Crippen LogP contribution in [0.15, 0.2) is 0 Å². The highest BCUT2D eigenvalue weighted by Crippen LogP contribution is 1.99. The van der Waals surface area contributed by atoms with Crippen LogP contribution in [0.2, 0.25) is 0 Å². The second-order valence-electron chi connectivity index (χ2n) is 4.24. The Bertz CT molecular complexity index is 252. The van der Waals surface area contributed by atoms with Crippen LogP contribution in [0.4, 0.5) is 4.79 Å². The third kappa shape index (κ3) is 7.11. The van der Waals surface area contributed by atoms with Crippen LogP contribution in [-0.4, -0.2) is 42.9 Å². The minimum Gasteiger partial charge on any atom is -0.480 e. The van der Waals surface area contributed by atoms with Crippen molar-refractivity contribution < 1.29 is 19.4 Å². The SMILES string of the molecule is CCCC(COC)NC(=O)N[C@H](CCC)C(=O)O. The molecule has 2 atom stereocenters. The summed E-state index contributed by atoms with van der Waals surface area (Å²) >= 11 is 0. The highest BCUT2D eigenvalue weighted by molar-refractivity contribution is 5.82. The standard InChI is InChI=1S/C12H24N2O4/c1-4-6-9(8-18-3)13-12(17)14-10(7-5-2)11(15)16/h9-10H,4-8H2,1-3H3,(H,15,16)(H2,13,14,17)/t9?,10-/m1/s1. The first-order valence-electron chi connectivity index (χ1n) is 6.33. The first-order valence-corrected chi connectivity index (χ1v) is 6.33. The van der Waals surface area contributed by atoms with Gasteiger partial charge in [0.05, 0.1) is 12.6 Å². The molecule has 0 aromatic rings. The van der Waals surface area contributed by atoms with E-state index in [1.165, 1.54) is 0 Å². The van der Waals surface area contributed by atoms with Gasteiger partial charge < -0.3 is 20.5 Å². The van der Waals surface area contributed by atoms with Crippen molar-refractivity contribution in [3.8, 4) is 0 Å². The van der Waals surface area contributed by atoms with Gasteiger partial charge in [-0.25, -0.2) is 9.59 Å². The predicted molar refractivity (Wildman–Crippen MR) is 68.6 cm³/mol. The monoisotopic (exact) mass is 260 g/mol. The normalized spacial score (nSPS) is 13.7. The third-order valence-electron chi connectivity index (χ3n) is 2.52. The second-order valence-corrected chi connectivity index (χ2v) is 4.24. The van der Waals surface area contributed by atoms with Gasteiger partial charge in [-0.05, 0) is 12.8 Å². The van der Waals surface area contributed by atoms with E-state index in [2.05, 4.69) is 10.6 Å². The number of amides is 2. The Kier molecular flexibility index (Phi) is 9.00. The van der Waals surface area contributed by atoms with E-state index in [0.717, 1.165) is 12.8 Å². The number of rotatable bonds is 9. The third-order valence-corrected chi connectivity index (χ3v) is 2.52. The zero-order valence-corrected chi connectivity index (χ0v) is 11.4. The average Bonchev–Trinajstić information content (AvgIpc) is 2.29. The first kappa shape index (κ1) is 16.7. The van der Waals surface area contributed by atoms with Crippen LogP contribution in [0.25, 0.3) is 0 Å². The predicted octanol–water partition coefficient (Wildman–Crippen LogP) is 1.35. The number of nitrogens with one attached hydrogen (secondary N) is 2. The maximum atomic E-state index is 11.7. The molecule has 0 aliphatic rings. The molecule has 106 valence electrons. The van der Waals surface area contributed by atoms with Gasteiger partial charge in [-0.2, -0.15) is 0 Å². The van der Waals surface area contributed by atoms with Crippen LogP contribution in [0.5, 0.6) is 0 Å². The molecule has 18 heavy (non-hydrogen) atoms. The van der Waals surface area contributed by atoms with Crippen LogP contribution in [0.1, 0.15) is 39.5 Å². The molecule has 0 fully saturated rings. The lowest BCUT2D eigenvalue weighted by atomic mass is 10.1. The summed E-state index contributed by atoms with van der Waals surface area (Å²) in [5, 5.41) is 14.1. The summed E-state index contributed by atoms with van der Waals surface area (Å²) in [6.45, 7) is 4.31. The number of hydrogen-bond acceptors (Lipinski definition) is 3. The van der Waals surface area contributed by atoms with Crippen LogP contribution < -0.4 is 10.6 Å². The molecule has 0 aromatic heterocycles. The molecule has 0 radical (unpaired) electrons. The van der Waals surface area contributed by atoms with Crippen LogP contribution >= 0.6 is 0 Å². The van der Waals surface area contributed by atoms with Gasteiger partial charge in [0.1, 0.15) is 6.04 Å². The number of urea groups is 1. The molecule has 0 bridgehead atoms. The molecule has 1 unspecified atom stereocenters. The first-order chi connectivity index (χ1) is 8.54.